The van der Waals surface area contributed by atoms with Gasteiger partial charge in [0, 0.05) is 0 Å². The fourth-order valence-electron chi connectivity index (χ4n) is 2.25. The van der Waals surface area contributed by atoms with Gasteiger partial charge in [-0.3, -0.25) is 0 Å². The van der Waals surface area contributed by atoms with Crippen LogP contribution in [0.25, 0.3) is 16.8 Å². The predicted molar refractivity (Wildman–Crippen MR) is 66.1 cm³/mol. The van der Waals surface area contributed by atoms with E-state index in [1.54, 1.807) is 18.2 Å². The van der Waals surface area contributed by atoms with Crippen molar-refractivity contribution in [2.24, 2.45) is 0 Å². The molecule has 0 saturated carbocycles. The molecule has 1 aromatic carbocycles. The lowest BCUT2D eigenvalue weighted by Gasteiger charge is -2.07. The highest BCUT2D eigenvalue weighted by molar-refractivity contribution is 5.86. The van der Waals surface area contributed by atoms with Crippen LogP contribution in [0.5, 0.6) is 0 Å². The Bertz CT molecular complexity index is 738. The first-order valence-electron chi connectivity index (χ1n) is 5.53. The molecule has 84 valence electrons. The number of benzene rings is 1. The molecule has 2 aromatic rings. The molecule has 3 nitrogen and oxygen atoms in total. The van der Waals surface area contributed by atoms with E-state index < -0.39 is 11.3 Å². The number of rotatable bonds is 0. The minimum absolute atomic E-state index is 0.473. The van der Waals surface area contributed by atoms with E-state index in [0.717, 1.165) is 23.8 Å². The molecular formula is C14H10O3. The second-order valence-electron chi connectivity index (χ2n) is 4.06. The van der Waals surface area contributed by atoms with Gasteiger partial charge in [-0.15, -0.1) is 0 Å². The smallest absolute Gasteiger partial charge is 0.346 e. The number of fused-ring (bicyclic) bond motifs is 3. The maximum absolute atomic E-state index is 11.8. The molecule has 1 heterocycles. The maximum Gasteiger partial charge on any atom is 0.346 e. The number of hydrogen-bond acceptors (Lipinski definition) is 3. The van der Waals surface area contributed by atoms with Crippen LogP contribution >= 0.6 is 0 Å². The van der Waals surface area contributed by atoms with E-state index in [1.165, 1.54) is 0 Å². The van der Waals surface area contributed by atoms with E-state index in [-0.39, 0.29) is 0 Å². The molecule has 0 fully saturated rings. The Morgan fingerprint density at radius 2 is 1.76 bits per heavy atom. The number of hydrogen-bond donors (Lipinski definition) is 0. The van der Waals surface area contributed by atoms with Gasteiger partial charge in [0.25, 0.3) is 0 Å². The molecule has 0 bridgehead atoms. The van der Waals surface area contributed by atoms with Crippen LogP contribution in [0.4, 0.5) is 0 Å². The molecule has 3 heteroatoms. The summed E-state index contributed by atoms with van der Waals surface area (Å²) in [5, 5.41) is 1.30. The molecule has 0 N–H and O–H groups in total. The third-order valence-corrected chi connectivity index (χ3v) is 3.05. The lowest BCUT2D eigenvalue weighted by molar-refractivity contribution is 0.483. The van der Waals surface area contributed by atoms with Crippen molar-refractivity contribution in [1.82, 2.24) is 0 Å². The minimum atomic E-state index is -0.562. The minimum Gasteiger partial charge on any atom is -0.386 e. The molecule has 0 atom stereocenters. The van der Waals surface area contributed by atoms with E-state index in [0.29, 0.717) is 10.9 Å². The molecule has 0 amide bonds. The monoisotopic (exact) mass is 226 g/mol. The molecule has 3 rings (SSSR count). The van der Waals surface area contributed by atoms with Gasteiger partial charge in [0.1, 0.15) is 0 Å². The summed E-state index contributed by atoms with van der Waals surface area (Å²) in [6.07, 6.45) is 5.33. The van der Waals surface area contributed by atoms with Gasteiger partial charge in [0.05, 0.1) is 10.9 Å². The van der Waals surface area contributed by atoms with Gasteiger partial charge in [-0.1, -0.05) is 30.4 Å². The zero-order valence-electron chi connectivity index (χ0n) is 9.10. The largest absolute Gasteiger partial charge is 0.386 e. The molecule has 1 aromatic heterocycles. The van der Waals surface area contributed by atoms with Crippen LogP contribution in [0.1, 0.15) is 17.5 Å². The first kappa shape index (κ1) is 10.0. The fraction of sp³-hybridized carbons (Fsp3) is 0.143. The molecule has 17 heavy (non-hydrogen) atoms. The first-order valence-corrected chi connectivity index (χ1v) is 5.53. The highest BCUT2D eigenvalue weighted by atomic mass is 16.4. The standard InChI is InChI=1S/C14H10O3/c15-13-11-7-3-1-5-9(11)10-6-2-4-8-12(10)14(16)17-13/h1,3-5,7-8H,2,6H2. The van der Waals surface area contributed by atoms with Gasteiger partial charge in [-0.05, 0) is 29.9 Å². The van der Waals surface area contributed by atoms with Crippen LogP contribution < -0.4 is 11.3 Å². The summed E-state index contributed by atoms with van der Waals surface area (Å²) in [4.78, 5) is 23.5. The Morgan fingerprint density at radius 3 is 2.59 bits per heavy atom. The summed E-state index contributed by atoms with van der Waals surface area (Å²) in [7, 11) is 0. The van der Waals surface area contributed by atoms with Crippen LogP contribution in [-0.4, -0.2) is 0 Å². The lowest BCUT2D eigenvalue weighted by Crippen LogP contribution is -2.09. The predicted octanol–water partition coefficient (Wildman–Crippen LogP) is 2.11. The van der Waals surface area contributed by atoms with E-state index in [2.05, 4.69) is 0 Å². The van der Waals surface area contributed by atoms with Gasteiger partial charge in [0.15, 0.2) is 0 Å². The summed E-state index contributed by atoms with van der Waals surface area (Å²) in [5.41, 5.74) is 0.319. The first-order chi connectivity index (χ1) is 8.27. The van der Waals surface area contributed by atoms with Crippen molar-refractivity contribution < 1.29 is 4.42 Å². The van der Waals surface area contributed by atoms with Crippen LogP contribution in [0.3, 0.4) is 0 Å². The SMILES string of the molecule is O=c1oc(=O)c2ccccc2c2c1C=CCC2. The van der Waals surface area contributed by atoms with Gasteiger partial charge >= 0.3 is 11.3 Å². The second-order valence-corrected chi connectivity index (χ2v) is 4.06. The topological polar surface area (TPSA) is 47.3 Å². The zero-order valence-corrected chi connectivity index (χ0v) is 9.10. The fourth-order valence-corrected chi connectivity index (χ4v) is 2.25. The molecule has 0 radical (unpaired) electrons. The van der Waals surface area contributed by atoms with Gasteiger partial charge in [-0.2, -0.15) is 0 Å². The number of aryl methyl sites for hydroxylation is 1. The molecular weight excluding hydrogens is 216 g/mol. The van der Waals surface area contributed by atoms with E-state index in [4.69, 9.17) is 4.42 Å². The molecule has 1 aliphatic rings. The summed E-state index contributed by atoms with van der Waals surface area (Å²) in [6.45, 7) is 0. The number of allylic oxidation sites excluding steroid dienone is 1. The van der Waals surface area contributed by atoms with Crippen molar-refractivity contribution in [2.75, 3.05) is 0 Å². The van der Waals surface area contributed by atoms with Gasteiger partial charge in [0.2, 0.25) is 0 Å². The highest BCUT2D eigenvalue weighted by Gasteiger charge is 2.13. The van der Waals surface area contributed by atoms with E-state index in [1.807, 2.05) is 18.2 Å². The van der Waals surface area contributed by atoms with Crippen molar-refractivity contribution in [3.8, 4) is 0 Å². The normalized spacial score (nSPS) is 13.6. The van der Waals surface area contributed by atoms with Crippen molar-refractivity contribution >= 4 is 16.8 Å². The summed E-state index contributed by atoms with van der Waals surface area (Å²) < 4.78 is 4.82. The Hall–Kier alpha value is -2.16. The summed E-state index contributed by atoms with van der Waals surface area (Å²) in [6, 6.07) is 7.20. The van der Waals surface area contributed by atoms with E-state index >= 15 is 0 Å². The molecule has 1 aliphatic carbocycles. The Morgan fingerprint density at radius 1 is 1.00 bits per heavy atom. The third-order valence-electron chi connectivity index (χ3n) is 3.05. The summed E-state index contributed by atoms with van der Waals surface area (Å²) in [5.74, 6) is 0. The molecule has 0 aliphatic heterocycles. The summed E-state index contributed by atoms with van der Waals surface area (Å²) >= 11 is 0. The van der Waals surface area contributed by atoms with Crippen LogP contribution in [-0.2, 0) is 6.42 Å². The van der Waals surface area contributed by atoms with Crippen LogP contribution in [0.2, 0.25) is 0 Å². The van der Waals surface area contributed by atoms with Crippen molar-refractivity contribution in [3.05, 3.63) is 62.3 Å². The molecule has 0 saturated heterocycles. The van der Waals surface area contributed by atoms with Crippen molar-refractivity contribution in [1.29, 1.82) is 0 Å². The third kappa shape index (κ3) is 1.51. The quantitative estimate of drug-likeness (QED) is 0.691. The Labute approximate surface area is 97.0 Å². The average Bonchev–Trinajstić information content (AvgIpc) is 2.48. The highest BCUT2D eigenvalue weighted by Crippen LogP contribution is 2.22. The zero-order chi connectivity index (χ0) is 11.8. The molecule has 0 unspecified atom stereocenters. The van der Waals surface area contributed by atoms with Crippen LogP contribution in [0.15, 0.2) is 44.3 Å². The van der Waals surface area contributed by atoms with Crippen molar-refractivity contribution in [2.45, 2.75) is 12.8 Å². The Balaban J connectivity index is 2.65. The average molecular weight is 226 g/mol. The van der Waals surface area contributed by atoms with E-state index in [9.17, 15) is 9.59 Å². The second kappa shape index (κ2) is 3.70. The van der Waals surface area contributed by atoms with Gasteiger partial charge in [-0.25, -0.2) is 9.59 Å². The molecule has 0 spiro atoms. The van der Waals surface area contributed by atoms with Gasteiger partial charge < -0.3 is 4.42 Å². The Kier molecular flexibility index (Phi) is 2.18. The van der Waals surface area contributed by atoms with Crippen molar-refractivity contribution in [3.63, 3.8) is 0 Å². The maximum atomic E-state index is 11.8. The van der Waals surface area contributed by atoms with Crippen LogP contribution in [0, 0.1) is 0 Å². The lowest BCUT2D eigenvalue weighted by atomic mass is 9.96.